The molecule has 6 nitrogen and oxygen atoms in total. The number of phenols is 1. The first-order valence-corrected chi connectivity index (χ1v) is 8.19. The molecule has 3 rings (SSSR count). The van der Waals surface area contributed by atoms with Gasteiger partial charge in [0.05, 0.1) is 12.5 Å². The fourth-order valence-corrected chi connectivity index (χ4v) is 2.64. The van der Waals surface area contributed by atoms with Crippen LogP contribution in [-0.2, 0) is 4.79 Å². The fourth-order valence-electron chi connectivity index (χ4n) is 2.64. The number of rotatable bonds is 6. The summed E-state index contributed by atoms with van der Waals surface area (Å²) in [7, 11) is 1.48. The molecule has 2 aromatic carbocycles. The summed E-state index contributed by atoms with van der Waals surface area (Å²) in [5.41, 5.74) is 1.40. The second-order valence-electron chi connectivity index (χ2n) is 5.74. The summed E-state index contributed by atoms with van der Waals surface area (Å²) in [6, 6.07) is 14.2. The minimum atomic E-state index is -1.08. The zero-order valence-electron chi connectivity index (χ0n) is 14.3. The molecule has 0 saturated heterocycles. The molecule has 0 unspecified atom stereocenters. The number of para-hydroxylation sites is 1. The van der Waals surface area contributed by atoms with Gasteiger partial charge in [-0.1, -0.05) is 12.1 Å². The van der Waals surface area contributed by atoms with Crippen LogP contribution in [0.2, 0.25) is 0 Å². The molecule has 1 aromatic heterocycles. The van der Waals surface area contributed by atoms with Crippen LogP contribution in [0, 0.1) is 0 Å². The van der Waals surface area contributed by atoms with Gasteiger partial charge in [-0.3, -0.25) is 4.99 Å². The Labute approximate surface area is 150 Å². The SMILES string of the molecule is COc1cc(-c2cc(=NCCCC(=O)[O-])c3ccccc3o2)ccc1O. The van der Waals surface area contributed by atoms with E-state index in [2.05, 4.69) is 4.99 Å². The third-order valence-corrected chi connectivity index (χ3v) is 3.94. The van der Waals surface area contributed by atoms with Crippen molar-refractivity contribution in [2.75, 3.05) is 13.7 Å². The molecular weight excluding hydrogens is 334 g/mol. The number of carboxylic acids is 1. The van der Waals surface area contributed by atoms with Crippen molar-refractivity contribution in [2.24, 2.45) is 4.99 Å². The summed E-state index contributed by atoms with van der Waals surface area (Å²) >= 11 is 0. The summed E-state index contributed by atoms with van der Waals surface area (Å²) in [5, 5.41) is 21.9. The number of fused-ring (bicyclic) bond motifs is 1. The number of carbonyl (C=O) groups is 1. The van der Waals surface area contributed by atoms with Crippen molar-refractivity contribution >= 4 is 16.9 Å². The van der Waals surface area contributed by atoms with Crippen LogP contribution in [0.4, 0.5) is 0 Å². The smallest absolute Gasteiger partial charge is 0.161 e. The number of carbonyl (C=O) groups excluding carboxylic acids is 1. The number of benzene rings is 2. The predicted octanol–water partition coefficient (Wildman–Crippen LogP) is 2.24. The molecular formula is C20H18NO5-. The summed E-state index contributed by atoms with van der Waals surface area (Å²) < 4.78 is 11.1. The van der Waals surface area contributed by atoms with E-state index in [0.717, 1.165) is 10.9 Å². The molecule has 0 amide bonds. The van der Waals surface area contributed by atoms with Crippen molar-refractivity contribution in [1.29, 1.82) is 0 Å². The van der Waals surface area contributed by atoms with Crippen LogP contribution in [-0.4, -0.2) is 24.7 Å². The molecule has 3 aromatic rings. The molecule has 1 heterocycles. The maximum Gasteiger partial charge on any atom is 0.161 e. The molecule has 1 N–H and O–H groups in total. The molecule has 0 atom stereocenters. The third-order valence-electron chi connectivity index (χ3n) is 3.94. The topological polar surface area (TPSA) is 95.1 Å². The van der Waals surface area contributed by atoms with E-state index in [1.807, 2.05) is 24.3 Å². The zero-order valence-corrected chi connectivity index (χ0v) is 14.3. The molecule has 134 valence electrons. The Bertz CT molecular complexity index is 1010. The normalized spacial score (nSPS) is 11.7. The van der Waals surface area contributed by atoms with Crippen LogP contribution >= 0.6 is 0 Å². The second kappa shape index (κ2) is 7.74. The van der Waals surface area contributed by atoms with Gasteiger partial charge in [-0.2, -0.15) is 0 Å². The lowest BCUT2D eigenvalue weighted by Crippen LogP contribution is -2.21. The molecule has 0 aliphatic rings. The van der Waals surface area contributed by atoms with Gasteiger partial charge in [-0.25, -0.2) is 0 Å². The third kappa shape index (κ3) is 3.85. The average molecular weight is 352 g/mol. The van der Waals surface area contributed by atoms with E-state index in [9.17, 15) is 15.0 Å². The summed E-state index contributed by atoms with van der Waals surface area (Å²) in [4.78, 5) is 15.1. The van der Waals surface area contributed by atoms with E-state index in [1.165, 1.54) is 13.2 Å². The van der Waals surface area contributed by atoms with Gasteiger partial charge in [0.25, 0.3) is 0 Å². The summed E-state index contributed by atoms with van der Waals surface area (Å²) in [5.74, 6) is -0.117. The number of phenolic OH excluding ortho intramolecular Hbond substituents is 1. The monoisotopic (exact) mass is 352 g/mol. The van der Waals surface area contributed by atoms with Crippen molar-refractivity contribution in [1.82, 2.24) is 0 Å². The van der Waals surface area contributed by atoms with Gasteiger partial charge in [-0.05, 0) is 43.2 Å². The Morgan fingerprint density at radius 1 is 1.23 bits per heavy atom. The minimum absolute atomic E-state index is 0.0271. The number of methoxy groups -OCH3 is 1. The molecule has 26 heavy (non-hydrogen) atoms. The van der Waals surface area contributed by atoms with Crippen LogP contribution in [0.15, 0.2) is 57.9 Å². The van der Waals surface area contributed by atoms with Crippen molar-refractivity contribution in [3.8, 4) is 22.8 Å². The van der Waals surface area contributed by atoms with Crippen LogP contribution in [0.25, 0.3) is 22.3 Å². The van der Waals surface area contributed by atoms with E-state index in [4.69, 9.17) is 9.15 Å². The number of carboxylic acid groups (broad SMARTS) is 1. The lowest BCUT2D eigenvalue weighted by atomic mass is 10.1. The number of ether oxygens (including phenoxy) is 1. The highest BCUT2D eigenvalue weighted by atomic mass is 16.5. The molecule has 0 aliphatic heterocycles. The van der Waals surface area contributed by atoms with Crippen molar-refractivity contribution in [3.05, 3.63) is 53.9 Å². The molecule has 0 bridgehead atoms. The maximum atomic E-state index is 10.5. The molecule has 6 heteroatoms. The molecule has 0 aliphatic carbocycles. The first kappa shape index (κ1) is 17.5. The molecule has 0 fully saturated rings. The van der Waals surface area contributed by atoms with Crippen LogP contribution in [0.1, 0.15) is 12.8 Å². The molecule has 0 radical (unpaired) electrons. The van der Waals surface area contributed by atoms with Gasteiger partial charge in [0.2, 0.25) is 0 Å². The van der Waals surface area contributed by atoms with Gasteiger partial charge in [0.1, 0.15) is 11.3 Å². The first-order valence-electron chi connectivity index (χ1n) is 8.19. The van der Waals surface area contributed by atoms with Gasteiger partial charge in [0.15, 0.2) is 11.5 Å². The maximum absolute atomic E-state index is 10.5. The Hall–Kier alpha value is -3.28. The van der Waals surface area contributed by atoms with E-state index >= 15 is 0 Å². The molecule has 0 saturated carbocycles. The van der Waals surface area contributed by atoms with E-state index < -0.39 is 5.97 Å². The Morgan fingerprint density at radius 2 is 2.04 bits per heavy atom. The largest absolute Gasteiger partial charge is 0.550 e. The summed E-state index contributed by atoms with van der Waals surface area (Å²) in [6.45, 7) is 0.375. The highest BCUT2D eigenvalue weighted by molar-refractivity contribution is 5.78. The predicted molar refractivity (Wildman–Crippen MR) is 94.5 cm³/mol. The lowest BCUT2D eigenvalue weighted by molar-refractivity contribution is -0.305. The first-order chi connectivity index (χ1) is 12.6. The highest BCUT2D eigenvalue weighted by Gasteiger charge is 2.09. The summed E-state index contributed by atoms with van der Waals surface area (Å²) in [6.07, 6.45) is 0.381. The van der Waals surface area contributed by atoms with E-state index in [-0.39, 0.29) is 12.2 Å². The zero-order chi connectivity index (χ0) is 18.5. The van der Waals surface area contributed by atoms with E-state index in [1.54, 1.807) is 18.2 Å². The molecule has 0 spiro atoms. The minimum Gasteiger partial charge on any atom is -0.550 e. The quantitative estimate of drug-likeness (QED) is 0.687. The van der Waals surface area contributed by atoms with Gasteiger partial charge in [0, 0.05) is 29.5 Å². The Morgan fingerprint density at radius 3 is 2.81 bits per heavy atom. The van der Waals surface area contributed by atoms with Gasteiger partial charge >= 0.3 is 0 Å². The van der Waals surface area contributed by atoms with Crippen LogP contribution in [0.3, 0.4) is 0 Å². The number of hydrogen-bond acceptors (Lipinski definition) is 6. The van der Waals surface area contributed by atoms with E-state index in [0.29, 0.717) is 35.4 Å². The number of hydrogen-bond donors (Lipinski definition) is 1. The van der Waals surface area contributed by atoms with Crippen LogP contribution < -0.4 is 15.2 Å². The highest BCUT2D eigenvalue weighted by Crippen LogP contribution is 2.31. The van der Waals surface area contributed by atoms with Gasteiger partial charge in [-0.15, -0.1) is 0 Å². The van der Waals surface area contributed by atoms with Gasteiger partial charge < -0.3 is 24.2 Å². The van der Waals surface area contributed by atoms with Crippen LogP contribution in [0.5, 0.6) is 11.5 Å². The lowest BCUT2D eigenvalue weighted by Gasteiger charge is -2.08. The standard InChI is InChI=1S/C20H19NO5/c1-25-19-11-13(8-9-16(19)22)18-12-15(21-10-4-7-20(23)24)14-5-2-3-6-17(14)26-18/h2-3,5-6,8-9,11-12,22H,4,7,10H2,1H3,(H,23,24)/p-1. The van der Waals surface area contributed by atoms with Crippen molar-refractivity contribution < 1.29 is 24.2 Å². The Kier molecular flexibility index (Phi) is 5.22. The average Bonchev–Trinajstić information content (AvgIpc) is 2.65. The number of nitrogens with zero attached hydrogens (tertiary/aromatic N) is 1. The fraction of sp³-hybridized carbons (Fsp3) is 0.200. The Balaban J connectivity index is 2.07. The number of aromatic hydroxyl groups is 1. The van der Waals surface area contributed by atoms with Crippen molar-refractivity contribution in [3.63, 3.8) is 0 Å². The second-order valence-corrected chi connectivity index (χ2v) is 5.74. The van der Waals surface area contributed by atoms with Crippen molar-refractivity contribution in [2.45, 2.75) is 12.8 Å². The number of aliphatic carboxylic acids is 1.